The fraction of sp³-hybridized carbons (Fsp3) is 0.231. The van der Waals surface area contributed by atoms with Gasteiger partial charge in [-0.2, -0.15) is 0 Å². The van der Waals surface area contributed by atoms with Gasteiger partial charge in [-0.25, -0.2) is 0 Å². The molecule has 7 heteroatoms. The number of halogens is 1. The third-order valence-electron chi connectivity index (χ3n) is 3.40. The molecule has 2 heterocycles. The smallest absolute Gasteiger partial charge is 0.262 e. The maximum Gasteiger partial charge on any atom is 0.262 e. The van der Waals surface area contributed by atoms with Gasteiger partial charge in [0.05, 0.1) is 11.1 Å². The standard InChI is InChI=1S/C13H9ClN2O4/c14-6-1-2-7-8(5-6)13(20)16(12(7)19)9-3-4-10(17)15-11(9)18/h1-2,5,9H,3-4H2,(H,15,17,18)/t9-/m0/s1. The first-order valence-corrected chi connectivity index (χ1v) is 6.38. The summed E-state index contributed by atoms with van der Waals surface area (Å²) in [5.41, 5.74) is 0.413. The highest BCUT2D eigenvalue weighted by atomic mass is 35.5. The first-order valence-electron chi connectivity index (χ1n) is 6.00. The number of piperidine rings is 1. The van der Waals surface area contributed by atoms with E-state index in [-0.39, 0.29) is 24.0 Å². The Morgan fingerprint density at radius 2 is 1.80 bits per heavy atom. The van der Waals surface area contributed by atoms with Gasteiger partial charge in [0.25, 0.3) is 11.8 Å². The summed E-state index contributed by atoms with van der Waals surface area (Å²) in [4.78, 5) is 48.3. The Hall–Kier alpha value is -2.21. The van der Waals surface area contributed by atoms with Crippen LogP contribution in [0.1, 0.15) is 33.6 Å². The predicted molar refractivity (Wildman–Crippen MR) is 68.1 cm³/mol. The minimum atomic E-state index is -0.945. The van der Waals surface area contributed by atoms with Crippen LogP contribution in [0.4, 0.5) is 0 Å². The number of benzene rings is 1. The van der Waals surface area contributed by atoms with Crippen molar-refractivity contribution in [2.45, 2.75) is 18.9 Å². The third-order valence-corrected chi connectivity index (χ3v) is 3.64. The monoisotopic (exact) mass is 292 g/mol. The molecule has 0 unspecified atom stereocenters. The van der Waals surface area contributed by atoms with Crippen molar-refractivity contribution in [3.63, 3.8) is 0 Å². The molecule has 102 valence electrons. The SMILES string of the molecule is O=C1CC[C@H](N2C(=O)c3ccc(Cl)cc3C2=O)C(=O)N1. The molecule has 0 aromatic heterocycles. The highest BCUT2D eigenvalue weighted by Gasteiger charge is 2.44. The first kappa shape index (κ1) is 12.8. The number of imide groups is 2. The Bertz CT molecular complexity index is 670. The number of carbonyl (C=O) groups is 4. The summed E-state index contributed by atoms with van der Waals surface area (Å²) in [6.07, 6.45) is 0.244. The average Bonchev–Trinajstić information content (AvgIpc) is 2.63. The number of hydrogen-bond donors (Lipinski definition) is 1. The van der Waals surface area contributed by atoms with Crippen molar-refractivity contribution in [2.24, 2.45) is 0 Å². The van der Waals surface area contributed by atoms with E-state index in [2.05, 4.69) is 5.32 Å². The van der Waals surface area contributed by atoms with Crippen molar-refractivity contribution in [3.8, 4) is 0 Å². The number of amides is 4. The Labute approximate surface area is 118 Å². The minimum absolute atomic E-state index is 0.102. The summed E-state index contributed by atoms with van der Waals surface area (Å²) < 4.78 is 0. The van der Waals surface area contributed by atoms with Crippen LogP contribution in [-0.2, 0) is 9.59 Å². The van der Waals surface area contributed by atoms with E-state index in [1.165, 1.54) is 18.2 Å². The fourth-order valence-electron chi connectivity index (χ4n) is 2.44. The molecule has 6 nitrogen and oxygen atoms in total. The third kappa shape index (κ3) is 1.80. The van der Waals surface area contributed by atoms with E-state index in [0.29, 0.717) is 5.02 Å². The van der Waals surface area contributed by atoms with Crippen LogP contribution >= 0.6 is 11.6 Å². The lowest BCUT2D eigenvalue weighted by molar-refractivity contribution is -0.136. The lowest BCUT2D eigenvalue weighted by atomic mass is 10.0. The Kier molecular flexibility index (Phi) is 2.83. The summed E-state index contributed by atoms with van der Waals surface area (Å²) >= 11 is 5.81. The number of hydrogen-bond acceptors (Lipinski definition) is 4. The van der Waals surface area contributed by atoms with Gasteiger partial charge in [-0.1, -0.05) is 11.6 Å². The molecule has 1 saturated heterocycles. The molecule has 3 rings (SSSR count). The molecule has 1 aromatic rings. The normalized spacial score (nSPS) is 22.1. The maximum absolute atomic E-state index is 12.3. The number of rotatable bonds is 1. The van der Waals surface area contributed by atoms with Gasteiger partial charge in [0.15, 0.2) is 0 Å². The molecule has 0 aliphatic carbocycles. The molecule has 1 fully saturated rings. The van der Waals surface area contributed by atoms with Crippen LogP contribution in [0, 0.1) is 0 Å². The van der Waals surface area contributed by atoms with Crippen LogP contribution in [0.25, 0.3) is 0 Å². The zero-order valence-electron chi connectivity index (χ0n) is 10.2. The topological polar surface area (TPSA) is 83.6 Å². The van der Waals surface area contributed by atoms with E-state index in [0.717, 1.165) is 4.90 Å². The molecule has 0 saturated carbocycles. The fourth-order valence-corrected chi connectivity index (χ4v) is 2.62. The average molecular weight is 293 g/mol. The molecule has 0 bridgehead atoms. The van der Waals surface area contributed by atoms with Crippen molar-refractivity contribution in [3.05, 3.63) is 34.3 Å². The van der Waals surface area contributed by atoms with Gasteiger partial charge in [0.2, 0.25) is 11.8 Å². The van der Waals surface area contributed by atoms with Gasteiger partial charge in [-0.15, -0.1) is 0 Å². The molecule has 4 amide bonds. The van der Waals surface area contributed by atoms with E-state index >= 15 is 0 Å². The summed E-state index contributed by atoms with van der Waals surface area (Å²) in [5, 5.41) is 2.48. The Balaban J connectivity index is 1.97. The number of carbonyl (C=O) groups excluding carboxylic acids is 4. The van der Waals surface area contributed by atoms with Crippen LogP contribution in [-0.4, -0.2) is 34.6 Å². The van der Waals surface area contributed by atoms with E-state index in [9.17, 15) is 19.2 Å². The highest BCUT2D eigenvalue weighted by Crippen LogP contribution is 2.29. The van der Waals surface area contributed by atoms with Crippen LogP contribution in [0.15, 0.2) is 18.2 Å². The largest absolute Gasteiger partial charge is 0.295 e. The van der Waals surface area contributed by atoms with E-state index in [1.54, 1.807) is 0 Å². The van der Waals surface area contributed by atoms with Gasteiger partial charge in [-0.05, 0) is 24.6 Å². The molecule has 20 heavy (non-hydrogen) atoms. The number of fused-ring (bicyclic) bond motifs is 1. The summed E-state index contributed by atoms with van der Waals surface area (Å²) in [5.74, 6) is -2.11. The zero-order chi connectivity index (χ0) is 14.4. The maximum atomic E-state index is 12.3. The van der Waals surface area contributed by atoms with E-state index in [4.69, 9.17) is 11.6 Å². The summed E-state index contributed by atoms with van der Waals surface area (Å²) in [6, 6.07) is 3.44. The van der Waals surface area contributed by atoms with Crippen molar-refractivity contribution in [2.75, 3.05) is 0 Å². The van der Waals surface area contributed by atoms with Gasteiger partial charge < -0.3 is 0 Å². The number of nitrogens with zero attached hydrogens (tertiary/aromatic N) is 1. The van der Waals surface area contributed by atoms with Gasteiger partial charge in [-0.3, -0.25) is 29.4 Å². The second kappa shape index (κ2) is 4.42. The predicted octanol–water partition coefficient (Wildman–Crippen LogP) is 0.741. The summed E-state index contributed by atoms with van der Waals surface area (Å²) in [7, 11) is 0. The molecule has 0 spiro atoms. The Morgan fingerprint density at radius 1 is 1.10 bits per heavy atom. The van der Waals surface area contributed by atoms with Crippen LogP contribution in [0.5, 0.6) is 0 Å². The molecule has 1 N–H and O–H groups in total. The van der Waals surface area contributed by atoms with Crippen molar-refractivity contribution < 1.29 is 19.2 Å². The molecule has 1 aromatic carbocycles. The van der Waals surface area contributed by atoms with Crippen LogP contribution in [0.3, 0.4) is 0 Å². The molecule has 2 aliphatic rings. The quantitative estimate of drug-likeness (QED) is 0.774. The molecule has 0 radical (unpaired) electrons. The minimum Gasteiger partial charge on any atom is -0.295 e. The second-order valence-electron chi connectivity index (χ2n) is 4.64. The molecule has 1 atom stereocenters. The lowest BCUT2D eigenvalue weighted by Gasteiger charge is -2.27. The van der Waals surface area contributed by atoms with Crippen molar-refractivity contribution in [1.29, 1.82) is 0 Å². The second-order valence-corrected chi connectivity index (χ2v) is 5.07. The van der Waals surface area contributed by atoms with Crippen LogP contribution in [0.2, 0.25) is 5.02 Å². The molecule has 2 aliphatic heterocycles. The van der Waals surface area contributed by atoms with Gasteiger partial charge in [0.1, 0.15) is 6.04 Å². The molecular formula is C13H9ClN2O4. The highest BCUT2D eigenvalue weighted by molar-refractivity contribution is 6.32. The molecular weight excluding hydrogens is 284 g/mol. The zero-order valence-corrected chi connectivity index (χ0v) is 10.9. The Morgan fingerprint density at radius 3 is 2.50 bits per heavy atom. The van der Waals surface area contributed by atoms with Gasteiger partial charge >= 0.3 is 0 Å². The van der Waals surface area contributed by atoms with E-state index in [1.807, 2.05) is 0 Å². The lowest BCUT2D eigenvalue weighted by Crippen LogP contribution is -2.54. The van der Waals surface area contributed by atoms with Crippen LogP contribution < -0.4 is 5.32 Å². The number of nitrogens with one attached hydrogen (secondary N) is 1. The van der Waals surface area contributed by atoms with Crippen molar-refractivity contribution >= 4 is 35.2 Å². The first-order chi connectivity index (χ1) is 9.49. The van der Waals surface area contributed by atoms with Gasteiger partial charge in [0, 0.05) is 11.4 Å². The van der Waals surface area contributed by atoms with E-state index < -0.39 is 29.7 Å². The summed E-state index contributed by atoms with van der Waals surface area (Å²) in [6.45, 7) is 0. The van der Waals surface area contributed by atoms with Crippen molar-refractivity contribution in [1.82, 2.24) is 10.2 Å².